The summed E-state index contributed by atoms with van der Waals surface area (Å²) in [4.78, 5) is 16.3. The Morgan fingerprint density at radius 2 is 1.75 bits per heavy atom. The van der Waals surface area contributed by atoms with Crippen molar-refractivity contribution in [3.05, 3.63) is 94.9 Å². The summed E-state index contributed by atoms with van der Waals surface area (Å²) in [6.07, 6.45) is 8.71. The molecule has 1 radical (unpaired) electrons. The first-order valence-electron chi connectivity index (χ1n) is 16.4. The summed E-state index contributed by atoms with van der Waals surface area (Å²) < 4.78 is 23.2. The summed E-state index contributed by atoms with van der Waals surface area (Å²) in [6.45, 7) is 12.2. The zero-order valence-electron chi connectivity index (χ0n) is 28.4. The van der Waals surface area contributed by atoms with Gasteiger partial charge in [-0.05, 0) is 60.5 Å². The molecule has 1 aliphatic rings. The molecular weight excluding hydrogens is 723 g/mol. The molecule has 3 aromatic carbocycles. The van der Waals surface area contributed by atoms with Gasteiger partial charge in [-0.15, -0.1) is 34.9 Å². The van der Waals surface area contributed by atoms with Gasteiger partial charge in [-0.2, -0.15) is 0 Å². The number of ketones is 1. The van der Waals surface area contributed by atoms with Crippen LogP contribution in [0.3, 0.4) is 0 Å². The summed E-state index contributed by atoms with van der Waals surface area (Å²) in [6, 6.07) is 17.5. The number of allylic oxidation sites excluding steroid dienone is 3. The maximum Gasteiger partial charge on any atom is 0.162 e. The first-order chi connectivity index (χ1) is 21.5. The molecule has 6 rings (SSSR count). The van der Waals surface area contributed by atoms with E-state index in [1.165, 1.54) is 6.08 Å². The Kier molecular flexibility index (Phi) is 10.0. The average molecular weight is 767 g/mol. The molecule has 0 amide bonds. The number of hydrogen-bond acceptors (Lipinski definition) is 4. The predicted molar refractivity (Wildman–Crippen MR) is 179 cm³/mol. The number of aromatic nitrogens is 1. The monoisotopic (exact) mass is 767 g/mol. The number of carbonyl (C=O) groups is 1. The van der Waals surface area contributed by atoms with Crippen LogP contribution in [-0.2, 0) is 31.3 Å². The molecule has 0 spiro atoms. The number of aliphatic hydroxyl groups excluding tert-OH is 1. The fraction of sp³-hybridized carbons (Fsp3) is 0.333. The summed E-state index contributed by atoms with van der Waals surface area (Å²) in [5.74, 6) is 0.547. The van der Waals surface area contributed by atoms with E-state index in [9.17, 15) is 9.90 Å². The largest absolute Gasteiger partial charge is 0.512 e. The van der Waals surface area contributed by atoms with Gasteiger partial charge >= 0.3 is 0 Å². The molecule has 44 heavy (non-hydrogen) atoms. The van der Waals surface area contributed by atoms with E-state index in [2.05, 4.69) is 36.2 Å². The molecular formula is C39H42IrNO3-. The maximum absolute atomic E-state index is 11.7. The molecule has 0 bridgehead atoms. The van der Waals surface area contributed by atoms with Gasteiger partial charge in [-0.25, -0.2) is 0 Å². The third kappa shape index (κ3) is 6.60. The van der Waals surface area contributed by atoms with Gasteiger partial charge in [0.1, 0.15) is 11.2 Å². The Morgan fingerprint density at radius 1 is 1.02 bits per heavy atom. The molecule has 1 N–H and O–H groups in total. The van der Waals surface area contributed by atoms with Crippen LogP contribution in [0.2, 0.25) is 0 Å². The number of aliphatic hydroxyl groups is 1. The van der Waals surface area contributed by atoms with E-state index in [-0.39, 0.29) is 43.5 Å². The molecule has 2 aromatic heterocycles. The van der Waals surface area contributed by atoms with Gasteiger partial charge in [0.25, 0.3) is 0 Å². The van der Waals surface area contributed by atoms with Crippen molar-refractivity contribution in [2.24, 2.45) is 11.8 Å². The van der Waals surface area contributed by atoms with Crippen molar-refractivity contribution in [2.45, 2.75) is 73.6 Å². The van der Waals surface area contributed by atoms with Crippen LogP contribution in [0.15, 0.2) is 71.0 Å². The number of rotatable bonds is 8. The SMILES string of the molecule is CCC(CC)C(=O)/C=C(\O)C(CC)CC.[2H]C1([2H])C=Cc2c3oc4c(-c5[c-]c(C)cc(C)c5)nccc4c3cc3cccc1c23.[Ir]. The van der Waals surface area contributed by atoms with E-state index < -0.39 is 6.37 Å². The molecule has 231 valence electrons. The van der Waals surface area contributed by atoms with Crippen LogP contribution in [0, 0.1) is 31.7 Å². The van der Waals surface area contributed by atoms with Crippen LogP contribution in [-0.4, -0.2) is 15.9 Å². The Labute approximate surface area is 277 Å². The topological polar surface area (TPSA) is 63.3 Å². The van der Waals surface area contributed by atoms with Crippen LogP contribution in [0.4, 0.5) is 0 Å². The van der Waals surface area contributed by atoms with E-state index in [0.29, 0.717) is 5.56 Å². The number of nitrogens with zero attached hydrogens (tertiary/aromatic N) is 1. The minimum absolute atomic E-state index is 0. The summed E-state index contributed by atoms with van der Waals surface area (Å²) in [5.41, 5.74) is 7.05. The van der Waals surface area contributed by atoms with E-state index in [4.69, 9.17) is 7.16 Å². The molecule has 0 aliphatic heterocycles. The fourth-order valence-electron chi connectivity index (χ4n) is 6.13. The van der Waals surface area contributed by atoms with Crippen molar-refractivity contribution in [1.82, 2.24) is 4.98 Å². The third-order valence-electron chi connectivity index (χ3n) is 8.53. The normalized spacial score (nSPS) is 14.4. The number of aryl methyl sites for hydroxylation is 2. The average Bonchev–Trinajstić information content (AvgIpc) is 3.38. The molecule has 4 nitrogen and oxygen atoms in total. The summed E-state index contributed by atoms with van der Waals surface area (Å²) in [5, 5.41) is 13.7. The zero-order chi connectivity index (χ0) is 32.5. The molecule has 0 fully saturated rings. The van der Waals surface area contributed by atoms with Gasteiger partial charge in [0.05, 0.1) is 5.76 Å². The number of fused-ring (bicyclic) bond motifs is 4. The van der Waals surface area contributed by atoms with Gasteiger partial charge in [0.2, 0.25) is 0 Å². The number of pyridine rings is 1. The maximum atomic E-state index is 11.7. The Bertz CT molecular complexity index is 1930. The number of hydrogen-bond donors (Lipinski definition) is 1. The van der Waals surface area contributed by atoms with Gasteiger partial charge in [0.15, 0.2) is 5.78 Å². The smallest absolute Gasteiger partial charge is 0.162 e. The van der Waals surface area contributed by atoms with Gasteiger partial charge in [0, 0.05) is 69.0 Å². The summed E-state index contributed by atoms with van der Waals surface area (Å²) in [7, 11) is 0. The Balaban J connectivity index is 0.000000259. The van der Waals surface area contributed by atoms with E-state index in [1.54, 1.807) is 6.08 Å². The van der Waals surface area contributed by atoms with Crippen molar-refractivity contribution < 1.29 is 37.2 Å². The first-order valence-corrected chi connectivity index (χ1v) is 15.4. The van der Waals surface area contributed by atoms with Crippen molar-refractivity contribution in [1.29, 1.82) is 0 Å². The van der Waals surface area contributed by atoms with Gasteiger partial charge in [-0.1, -0.05) is 71.9 Å². The predicted octanol–water partition coefficient (Wildman–Crippen LogP) is 10.7. The molecule has 0 unspecified atom stereocenters. The fourth-order valence-corrected chi connectivity index (χ4v) is 6.13. The van der Waals surface area contributed by atoms with Crippen LogP contribution >= 0.6 is 0 Å². The molecule has 1 aliphatic carbocycles. The van der Waals surface area contributed by atoms with E-state index in [1.807, 2.05) is 71.2 Å². The second kappa shape index (κ2) is 14.5. The summed E-state index contributed by atoms with van der Waals surface area (Å²) >= 11 is 0. The quantitative estimate of drug-likeness (QED) is 0.0971. The number of benzene rings is 3. The Morgan fingerprint density at radius 3 is 2.43 bits per heavy atom. The van der Waals surface area contributed by atoms with Gasteiger partial charge in [-0.3, -0.25) is 4.79 Å². The third-order valence-corrected chi connectivity index (χ3v) is 8.53. The van der Waals surface area contributed by atoms with Crippen LogP contribution < -0.4 is 0 Å². The van der Waals surface area contributed by atoms with Crippen molar-refractivity contribution in [3.8, 4) is 11.3 Å². The van der Waals surface area contributed by atoms with Crippen molar-refractivity contribution in [3.63, 3.8) is 0 Å². The van der Waals surface area contributed by atoms with Crippen LogP contribution in [0.25, 0.3) is 50.0 Å². The minimum atomic E-state index is -1.49. The minimum Gasteiger partial charge on any atom is -0.512 e. The standard InChI is InChI=1S/C26H18NO.C13H24O2.Ir/c1-15-11-16(2)13-19(12-15)24-26-20(9-10-27-24)22-14-18-7-3-5-17-6-4-8-21(23(17)18)25(22)28-26;1-5-10(6-2)12(14)9-13(15)11(7-3)8-4;/h3-5,7-12,14H,6H2,1-2H3;9-11,14H,5-8H2,1-4H3;/q-1;;/b;12-9-;/i6D2;;. The first kappa shape index (κ1) is 30.5. The Hall–Kier alpha value is -3.53. The van der Waals surface area contributed by atoms with Gasteiger partial charge < -0.3 is 14.5 Å². The molecule has 5 heteroatoms. The van der Waals surface area contributed by atoms with Crippen LogP contribution in [0.1, 0.15) is 78.4 Å². The second-order valence-electron chi connectivity index (χ2n) is 11.4. The number of carbonyl (C=O) groups excluding carboxylic acids is 1. The zero-order valence-corrected chi connectivity index (χ0v) is 28.8. The van der Waals surface area contributed by atoms with Crippen molar-refractivity contribution in [2.75, 3.05) is 0 Å². The number of furan rings is 1. The van der Waals surface area contributed by atoms with E-state index in [0.717, 1.165) is 86.3 Å². The molecule has 5 aromatic rings. The molecule has 0 atom stereocenters. The van der Waals surface area contributed by atoms with Crippen molar-refractivity contribution >= 4 is 44.6 Å². The molecule has 2 heterocycles. The van der Waals surface area contributed by atoms with Crippen LogP contribution in [0.5, 0.6) is 0 Å². The second-order valence-corrected chi connectivity index (χ2v) is 11.4. The molecule has 0 saturated heterocycles. The van der Waals surface area contributed by atoms with E-state index >= 15 is 0 Å². The molecule has 0 saturated carbocycles.